The van der Waals surface area contributed by atoms with E-state index in [1.54, 1.807) is 37.3 Å². The van der Waals surface area contributed by atoms with Crippen molar-refractivity contribution < 1.29 is 17.8 Å². The molecule has 2 aromatic rings. The Bertz CT molecular complexity index is 733. The Balaban J connectivity index is 2.61. The number of carbonyl (C=O) groups excluding carboxylic acids is 1. The van der Waals surface area contributed by atoms with Gasteiger partial charge in [0.25, 0.3) is 10.1 Å². The Morgan fingerprint density at radius 1 is 0.947 bits per heavy atom. The number of rotatable bonds is 3. The largest absolute Gasteiger partial charge is 0.295 e. The summed E-state index contributed by atoms with van der Waals surface area (Å²) >= 11 is 0. The van der Waals surface area contributed by atoms with Crippen molar-refractivity contribution >= 4 is 15.9 Å². The van der Waals surface area contributed by atoms with Crippen LogP contribution in [0.25, 0.3) is 0 Å². The predicted octanol–water partition coefficient (Wildman–Crippen LogP) is 2.47. The maximum absolute atomic E-state index is 12.4. The highest BCUT2D eigenvalue weighted by molar-refractivity contribution is 7.86. The lowest BCUT2D eigenvalue weighted by Crippen LogP contribution is -2.10. The van der Waals surface area contributed by atoms with Crippen LogP contribution in [0.4, 0.5) is 0 Å². The lowest BCUT2D eigenvalue weighted by molar-refractivity contribution is 0.103. The zero-order valence-electron chi connectivity index (χ0n) is 10.2. The van der Waals surface area contributed by atoms with Crippen molar-refractivity contribution in [1.82, 2.24) is 0 Å². The number of hydrogen-bond acceptors (Lipinski definition) is 3. The Kier molecular flexibility index (Phi) is 3.50. The Labute approximate surface area is 111 Å². The lowest BCUT2D eigenvalue weighted by Gasteiger charge is -2.08. The molecule has 2 rings (SSSR count). The molecule has 0 unspecified atom stereocenters. The summed E-state index contributed by atoms with van der Waals surface area (Å²) in [6.07, 6.45) is 0. The molecule has 0 saturated heterocycles. The quantitative estimate of drug-likeness (QED) is 0.690. The summed E-state index contributed by atoms with van der Waals surface area (Å²) < 4.78 is 31.7. The van der Waals surface area contributed by atoms with E-state index in [0.717, 1.165) is 5.56 Å². The molecule has 0 amide bonds. The van der Waals surface area contributed by atoms with Crippen LogP contribution < -0.4 is 0 Å². The fraction of sp³-hybridized carbons (Fsp3) is 0.0714. The van der Waals surface area contributed by atoms with Gasteiger partial charge in [-0.25, -0.2) is 0 Å². The first-order valence-electron chi connectivity index (χ1n) is 5.58. The maximum atomic E-state index is 12.4. The van der Waals surface area contributed by atoms with Gasteiger partial charge in [-0.2, -0.15) is 8.42 Å². The van der Waals surface area contributed by atoms with E-state index in [1.165, 1.54) is 18.2 Å². The maximum Gasteiger partial charge on any atom is 0.295 e. The van der Waals surface area contributed by atoms with Crippen LogP contribution >= 0.6 is 0 Å². The van der Waals surface area contributed by atoms with Crippen LogP contribution in [0, 0.1) is 6.92 Å². The van der Waals surface area contributed by atoms with Gasteiger partial charge in [0.1, 0.15) is 4.90 Å². The molecule has 5 heteroatoms. The summed E-state index contributed by atoms with van der Waals surface area (Å²) in [6.45, 7) is 1.77. The summed E-state index contributed by atoms with van der Waals surface area (Å²) in [7, 11) is -4.42. The van der Waals surface area contributed by atoms with E-state index in [1.807, 2.05) is 0 Å². The van der Waals surface area contributed by atoms with Crippen molar-refractivity contribution in [3.05, 3.63) is 65.2 Å². The molecular weight excluding hydrogens is 264 g/mol. The van der Waals surface area contributed by atoms with Gasteiger partial charge < -0.3 is 0 Å². The molecule has 2 aromatic carbocycles. The first-order chi connectivity index (χ1) is 8.91. The molecule has 19 heavy (non-hydrogen) atoms. The second-order valence-electron chi connectivity index (χ2n) is 4.12. The standard InChI is InChI=1S/C14H12O4S/c1-10-6-2-3-7-11(10)14(15)12-8-4-5-9-13(12)19(16,17)18/h2-9H,1H3,(H,16,17,18). The van der Waals surface area contributed by atoms with Gasteiger partial charge in [0.15, 0.2) is 5.78 Å². The smallest absolute Gasteiger partial charge is 0.289 e. The SMILES string of the molecule is Cc1ccccc1C(=O)c1ccccc1S(=O)(=O)O. The topological polar surface area (TPSA) is 71.4 Å². The summed E-state index contributed by atoms with van der Waals surface area (Å²) in [5, 5.41) is 0. The zero-order chi connectivity index (χ0) is 14.0. The molecule has 0 radical (unpaired) electrons. The van der Waals surface area contributed by atoms with E-state index in [4.69, 9.17) is 4.55 Å². The van der Waals surface area contributed by atoms with E-state index >= 15 is 0 Å². The van der Waals surface area contributed by atoms with Gasteiger partial charge in [0.05, 0.1) is 0 Å². The normalized spacial score (nSPS) is 11.3. The van der Waals surface area contributed by atoms with E-state index in [9.17, 15) is 13.2 Å². The summed E-state index contributed by atoms with van der Waals surface area (Å²) in [4.78, 5) is 12.0. The third-order valence-corrected chi connectivity index (χ3v) is 3.71. The number of ketones is 1. The molecule has 0 heterocycles. The summed E-state index contributed by atoms with van der Waals surface area (Å²) in [6, 6.07) is 12.5. The van der Waals surface area contributed by atoms with Crippen molar-refractivity contribution in [3.63, 3.8) is 0 Å². The van der Waals surface area contributed by atoms with Gasteiger partial charge in [0.2, 0.25) is 0 Å². The zero-order valence-corrected chi connectivity index (χ0v) is 11.0. The van der Waals surface area contributed by atoms with Gasteiger partial charge in [-0.05, 0) is 24.6 Å². The van der Waals surface area contributed by atoms with E-state index in [0.29, 0.717) is 5.56 Å². The van der Waals surface area contributed by atoms with Crippen LogP contribution in [0.2, 0.25) is 0 Å². The number of benzene rings is 2. The Morgan fingerprint density at radius 3 is 2.05 bits per heavy atom. The summed E-state index contributed by atoms with van der Waals surface area (Å²) in [5.41, 5.74) is 1.13. The average molecular weight is 276 g/mol. The van der Waals surface area contributed by atoms with Gasteiger partial charge in [-0.3, -0.25) is 9.35 Å². The van der Waals surface area contributed by atoms with Crippen LogP contribution in [0.1, 0.15) is 21.5 Å². The van der Waals surface area contributed by atoms with Crippen LogP contribution in [-0.2, 0) is 10.1 Å². The molecule has 0 aliphatic rings. The molecule has 98 valence electrons. The van der Waals surface area contributed by atoms with Gasteiger partial charge in [-0.15, -0.1) is 0 Å². The molecule has 0 saturated carbocycles. The molecule has 0 bridgehead atoms. The molecular formula is C14H12O4S. The molecule has 4 nitrogen and oxygen atoms in total. The molecule has 0 atom stereocenters. The van der Waals surface area contributed by atoms with Crippen LogP contribution in [0.5, 0.6) is 0 Å². The van der Waals surface area contributed by atoms with Gasteiger partial charge >= 0.3 is 0 Å². The Morgan fingerprint density at radius 2 is 1.47 bits per heavy atom. The van der Waals surface area contributed by atoms with Gasteiger partial charge in [0, 0.05) is 11.1 Å². The highest BCUT2D eigenvalue weighted by atomic mass is 32.2. The lowest BCUT2D eigenvalue weighted by atomic mass is 9.99. The van der Waals surface area contributed by atoms with Crippen molar-refractivity contribution in [2.24, 2.45) is 0 Å². The third-order valence-electron chi connectivity index (χ3n) is 2.80. The van der Waals surface area contributed by atoms with Crippen LogP contribution in [0.3, 0.4) is 0 Å². The first-order valence-corrected chi connectivity index (χ1v) is 7.02. The molecule has 1 N–H and O–H groups in total. The third kappa shape index (κ3) is 2.72. The fourth-order valence-electron chi connectivity index (χ4n) is 1.85. The minimum absolute atomic E-state index is 0.0284. The highest BCUT2D eigenvalue weighted by Crippen LogP contribution is 2.20. The predicted molar refractivity (Wildman–Crippen MR) is 70.9 cm³/mol. The fourth-order valence-corrected chi connectivity index (χ4v) is 2.54. The first kappa shape index (κ1) is 13.5. The second kappa shape index (κ2) is 4.95. The van der Waals surface area contributed by atoms with Gasteiger partial charge in [-0.1, -0.05) is 36.4 Å². The van der Waals surface area contributed by atoms with Crippen molar-refractivity contribution in [3.8, 4) is 0 Å². The van der Waals surface area contributed by atoms with Crippen molar-refractivity contribution in [1.29, 1.82) is 0 Å². The summed E-state index contributed by atoms with van der Waals surface area (Å²) in [5.74, 6) is -0.425. The van der Waals surface area contributed by atoms with E-state index < -0.39 is 15.9 Å². The molecule has 0 aromatic heterocycles. The Hall–Kier alpha value is -1.98. The highest BCUT2D eigenvalue weighted by Gasteiger charge is 2.21. The number of carbonyl (C=O) groups is 1. The minimum Gasteiger partial charge on any atom is -0.289 e. The second-order valence-corrected chi connectivity index (χ2v) is 5.51. The monoisotopic (exact) mass is 276 g/mol. The minimum atomic E-state index is -4.42. The van der Waals surface area contributed by atoms with Crippen molar-refractivity contribution in [2.75, 3.05) is 0 Å². The number of hydrogen-bond donors (Lipinski definition) is 1. The molecule has 0 spiro atoms. The molecule has 0 aliphatic carbocycles. The van der Waals surface area contributed by atoms with E-state index in [2.05, 4.69) is 0 Å². The van der Waals surface area contributed by atoms with E-state index in [-0.39, 0.29) is 10.5 Å². The average Bonchev–Trinajstić information content (AvgIpc) is 2.37. The number of aryl methyl sites for hydroxylation is 1. The molecule has 0 aliphatic heterocycles. The molecule has 0 fully saturated rings. The van der Waals surface area contributed by atoms with Crippen LogP contribution in [0.15, 0.2) is 53.4 Å². The van der Waals surface area contributed by atoms with Crippen molar-refractivity contribution in [2.45, 2.75) is 11.8 Å². The van der Waals surface area contributed by atoms with Crippen LogP contribution in [-0.4, -0.2) is 18.8 Å².